The number of benzene rings is 2. The quantitative estimate of drug-likeness (QED) is 0.324. The Hall–Kier alpha value is -3.19. The van der Waals surface area contributed by atoms with Gasteiger partial charge in [-0.3, -0.25) is 14.4 Å². The zero-order valence-electron chi connectivity index (χ0n) is 21.6. The molecule has 2 N–H and O–H groups in total. The second-order valence-corrected chi connectivity index (χ2v) is 11.3. The maximum absolute atomic E-state index is 12.2. The molecule has 3 rings (SSSR count). The molecule has 0 bridgehead atoms. The minimum absolute atomic E-state index is 0.0776. The van der Waals surface area contributed by atoms with Crippen molar-refractivity contribution in [3.05, 3.63) is 64.0 Å². The molecule has 1 amide bonds. The molecule has 1 heterocycles. The first kappa shape index (κ1) is 27.4. The van der Waals surface area contributed by atoms with Crippen molar-refractivity contribution in [2.45, 2.75) is 59.8 Å². The molecule has 0 saturated heterocycles. The second-order valence-electron chi connectivity index (χ2n) is 10.2. The highest BCUT2D eigenvalue weighted by molar-refractivity contribution is 7.19. The lowest BCUT2D eigenvalue weighted by atomic mass is 9.90. The van der Waals surface area contributed by atoms with Gasteiger partial charge in [0.05, 0.1) is 0 Å². The van der Waals surface area contributed by atoms with Crippen molar-refractivity contribution in [3.63, 3.8) is 0 Å². The van der Waals surface area contributed by atoms with Crippen molar-refractivity contribution < 1.29 is 24.2 Å². The van der Waals surface area contributed by atoms with E-state index in [1.165, 1.54) is 10.4 Å². The van der Waals surface area contributed by atoms with Gasteiger partial charge in [-0.25, -0.2) is 0 Å². The lowest BCUT2D eigenvalue weighted by molar-refractivity contribution is -0.135. The molecule has 0 aliphatic rings. The molecule has 0 aliphatic carbocycles. The highest BCUT2D eigenvalue weighted by atomic mass is 32.1. The predicted molar refractivity (Wildman–Crippen MR) is 144 cm³/mol. The molecule has 3 aromatic rings. The van der Waals surface area contributed by atoms with Crippen LogP contribution in [0.1, 0.15) is 72.8 Å². The minimum Gasteiger partial charge on any atom is -0.486 e. The number of hydrogen-bond donors (Lipinski definition) is 2. The normalized spacial score (nSPS) is 12.4. The third-order valence-electron chi connectivity index (χ3n) is 6.33. The summed E-state index contributed by atoms with van der Waals surface area (Å²) in [5.41, 5.74) is 2.34. The van der Waals surface area contributed by atoms with Crippen LogP contribution in [-0.2, 0) is 16.0 Å². The van der Waals surface area contributed by atoms with Gasteiger partial charge >= 0.3 is 5.97 Å². The SMILES string of the molecule is CCC(CCc1cc2cc(C(=O)NCC(=O)O)ccc2s1)c1ccc(OCC(=O)C(C)(C)C)c(C)c1. The van der Waals surface area contributed by atoms with Crippen molar-refractivity contribution in [1.82, 2.24) is 5.32 Å². The number of ketones is 1. The van der Waals surface area contributed by atoms with Gasteiger partial charge in [-0.2, -0.15) is 0 Å². The van der Waals surface area contributed by atoms with E-state index in [-0.39, 0.29) is 18.3 Å². The van der Waals surface area contributed by atoms with E-state index >= 15 is 0 Å². The fourth-order valence-corrected chi connectivity index (χ4v) is 5.05. The van der Waals surface area contributed by atoms with Crippen molar-refractivity contribution in [1.29, 1.82) is 0 Å². The molecule has 0 saturated carbocycles. The number of aliphatic carboxylic acids is 1. The topological polar surface area (TPSA) is 92.7 Å². The van der Waals surface area contributed by atoms with E-state index < -0.39 is 17.9 Å². The van der Waals surface area contributed by atoms with Crippen molar-refractivity contribution in [2.24, 2.45) is 5.41 Å². The Bertz CT molecular complexity index is 1250. The predicted octanol–water partition coefficient (Wildman–Crippen LogP) is 6.14. The highest BCUT2D eigenvalue weighted by Crippen LogP contribution is 2.32. The number of carboxylic acids is 1. The lowest BCUT2D eigenvalue weighted by Gasteiger charge is -2.19. The first-order valence-corrected chi connectivity index (χ1v) is 13.1. The van der Waals surface area contributed by atoms with E-state index in [1.54, 1.807) is 17.4 Å². The zero-order valence-corrected chi connectivity index (χ0v) is 22.5. The number of aryl methyl sites for hydroxylation is 2. The van der Waals surface area contributed by atoms with Crippen LogP contribution in [-0.4, -0.2) is 35.9 Å². The van der Waals surface area contributed by atoms with Gasteiger partial charge in [0.15, 0.2) is 5.78 Å². The van der Waals surface area contributed by atoms with Crippen LogP contribution in [0.25, 0.3) is 10.1 Å². The number of hydrogen-bond acceptors (Lipinski definition) is 5. The number of fused-ring (bicyclic) bond motifs is 1. The molecule has 192 valence electrons. The van der Waals surface area contributed by atoms with Crippen molar-refractivity contribution in [3.8, 4) is 5.75 Å². The van der Waals surface area contributed by atoms with Crippen LogP contribution < -0.4 is 10.1 Å². The Balaban J connectivity index is 1.64. The van der Waals surface area contributed by atoms with Gasteiger partial charge in [-0.05, 0) is 78.9 Å². The summed E-state index contributed by atoms with van der Waals surface area (Å²) in [6, 6.07) is 13.8. The largest absolute Gasteiger partial charge is 0.486 e. The molecule has 0 aliphatic heterocycles. The number of nitrogens with one attached hydrogen (secondary N) is 1. The summed E-state index contributed by atoms with van der Waals surface area (Å²) in [5, 5.41) is 12.2. The molecule has 1 aromatic heterocycles. The Morgan fingerprint density at radius 1 is 1.08 bits per heavy atom. The fraction of sp³-hybridized carbons (Fsp3) is 0.414. The molecular formula is C29H35NO5S. The molecule has 0 radical (unpaired) electrons. The molecule has 1 atom stereocenters. The third kappa shape index (κ3) is 7.17. The van der Waals surface area contributed by atoms with Crippen LogP contribution in [0, 0.1) is 12.3 Å². The summed E-state index contributed by atoms with van der Waals surface area (Å²) in [7, 11) is 0. The summed E-state index contributed by atoms with van der Waals surface area (Å²) >= 11 is 1.72. The minimum atomic E-state index is -1.07. The van der Waals surface area contributed by atoms with Gasteiger partial charge < -0.3 is 15.2 Å². The summed E-state index contributed by atoms with van der Waals surface area (Å²) in [4.78, 5) is 36.3. The maximum atomic E-state index is 12.2. The smallest absolute Gasteiger partial charge is 0.322 e. The number of carbonyl (C=O) groups excluding carboxylic acids is 2. The van der Waals surface area contributed by atoms with E-state index in [1.807, 2.05) is 45.9 Å². The lowest BCUT2D eigenvalue weighted by Crippen LogP contribution is -2.29. The Morgan fingerprint density at radius 2 is 1.83 bits per heavy atom. The molecule has 0 spiro atoms. The van der Waals surface area contributed by atoms with Crippen LogP contribution in [0.4, 0.5) is 0 Å². The first-order chi connectivity index (χ1) is 17.0. The average Bonchev–Trinajstić information content (AvgIpc) is 3.23. The zero-order chi connectivity index (χ0) is 26.5. The first-order valence-electron chi connectivity index (χ1n) is 12.3. The van der Waals surface area contributed by atoms with Crippen LogP contribution in [0.5, 0.6) is 5.75 Å². The van der Waals surface area contributed by atoms with Gasteiger partial charge in [-0.1, -0.05) is 39.8 Å². The van der Waals surface area contributed by atoms with E-state index in [4.69, 9.17) is 9.84 Å². The van der Waals surface area contributed by atoms with Gasteiger partial charge in [0.1, 0.15) is 18.9 Å². The summed E-state index contributed by atoms with van der Waals surface area (Å²) in [6.45, 7) is 9.59. The number of carbonyl (C=O) groups is 3. The monoisotopic (exact) mass is 509 g/mol. The Kier molecular flexibility index (Phi) is 8.90. The van der Waals surface area contributed by atoms with E-state index in [0.29, 0.717) is 11.5 Å². The van der Waals surface area contributed by atoms with Crippen LogP contribution >= 0.6 is 11.3 Å². The summed E-state index contributed by atoms with van der Waals surface area (Å²) in [5.74, 6) is -0.228. The van der Waals surface area contributed by atoms with E-state index in [2.05, 4.69) is 30.4 Å². The standard InChI is InChI=1S/C29H35NO5S/c1-6-19(20-8-11-24(18(2)13-20)35-17-26(31)29(3,4)5)7-10-23-15-22-14-21(9-12-25(22)36-23)28(34)30-16-27(32)33/h8-9,11-15,19H,6-7,10,16-17H2,1-5H3,(H,30,34)(H,32,33). The molecule has 2 aromatic carbocycles. The summed E-state index contributed by atoms with van der Waals surface area (Å²) < 4.78 is 6.91. The molecule has 6 nitrogen and oxygen atoms in total. The maximum Gasteiger partial charge on any atom is 0.322 e. The molecule has 0 fully saturated rings. The van der Waals surface area contributed by atoms with Gasteiger partial charge in [-0.15, -0.1) is 11.3 Å². The van der Waals surface area contributed by atoms with E-state index in [9.17, 15) is 14.4 Å². The molecular weight excluding hydrogens is 474 g/mol. The number of thiophene rings is 1. The van der Waals surface area contributed by atoms with Gasteiger partial charge in [0, 0.05) is 20.6 Å². The van der Waals surface area contributed by atoms with Gasteiger partial charge in [0.2, 0.25) is 0 Å². The van der Waals surface area contributed by atoms with Crippen LogP contribution in [0.15, 0.2) is 42.5 Å². The van der Waals surface area contributed by atoms with Crippen LogP contribution in [0.2, 0.25) is 0 Å². The molecule has 1 unspecified atom stereocenters. The Labute approximate surface area is 216 Å². The van der Waals surface area contributed by atoms with Crippen LogP contribution in [0.3, 0.4) is 0 Å². The number of Topliss-reactive ketones (excluding diaryl/α,β-unsaturated/α-hetero) is 1. The summed E-state index contributed by atoms with van der Waals surface area (Å²) in [6.07, 6.45) is 2.94. The molecule has 36 heavy (non-hydrogen) atoms. The Morgan fingerprint density at radius 3 is 2.47 bits per heavy atom. The van der Waals surface area contributed by atoms with E-state index in [0.717, 1.165) is 40.7 Å². The highest BCUT2D eigenvalue weighted by Gasteiger charge is 2.22. The number of rotatable bonds is 11. The molecule has 7 heteroatoms. The average molecular weight is 510 g/mol. The number of carboxylic acid groups (broad SMARTS) is 1. The van der Waals surface area contributed by atoms with Gasteiger partial charge in [0.25, 0.3) is 5.91 Å². The number of amides is 1. The number of ether oxygens (including phenoxy) is 1. The third-order valence-corrected chi connectivity index (χ3v) is 7.50. The van der Waals surface area contributed by atoms with Crippen molar-refractivity contribution >= 4 is 39.1 Å². The second kappa shape index (κ2) is 11.7. The van der Waals surface area contributed by atoms with Crippen molar-refractivity contribution in [2.75, 3.05) is 13.2 Å². The fourth-order valence-electron chi connectivity index (χ4n) is 3.99.